The Morgan fingerprint density at radius 3 is 3.00 bits per heavy atom. The number of carboxylic acids is 1. The predicted molar refractivity (Wildman–Crippen MR) is 66.9 cm³/mol. The molecule has 1 saturated heterocycles. The number of rotatable bonds is 4. The second-order valence-corrected chi connectivity index (χ2v) is 4.45. The van der Waals surface area contributed by atoms with Gasteiger partial charge in [0.2, 0.25) is 0 Å². The van der Waals surface area contributed by atoms with Crippen LogP contribution in [0.5, 0.6) is 0 Å². The lowest BCUT2D eigenvalue weighted by Crippen LogP contribution is -2.14. The third kappa shape index (κ3) is 3.17. The van der Waals surface area contributed by atoms with E-state index in [2.05, 4.69) is 5.32 Å². The molecule has 0 spiro atoms. The van der Waals surface area contributed by atoms with Gasteiger partial charge < -0.3 is 10.4 Å². The normalized spacial score (nSPS) is 19.5. The molecular formula is C14H16FNO2. The van der Waals surface area contributed by atoms with Crippen molar-refractivity contribution in [2.24, 2.45) is 0 Å². The highest BCUT2D eigenvalue weighted by atomic mass is 19.1. The molecule has 0 aliphatic carbocycles. The average molecular weight is 249 g/mol. The van der Waals surface area contributed by atoms with Crippen LogP contribution >= 0.6 is 0 Å². The first kappa shape index (κ1) is 12.8. The van der Waals surface area contributed by atoms with Crippen LogP contribution in [0.25, 0.3) is 0 Å². The molecule has 1 aromatic carbocycles. The molecular weight excluding hydrogens is 233 g/mol. The number of hydrogen-bond donors (Lipinski definition) is 2. The van der Waals surface area contributed by atoms with Crippen molar-refractivity contribution >= 4 is 5.97 Å². The fourth-order valence-electron chi connectivity index (χ4n) is 2.23. The highest BCUT2D eigenvalue weighted by molar-refractivity contribution is 5.79. The summed E-state index contributed by atoms with van der Waals surface area (Å²) < 4.78 is 13.9. The van der Waals surface area contributed by atoms with Crippen LogP contribution in [0.1, 0.15) is 30.0 Å². The summed E-state index contributed by atoms with van der Waals surface area (Å²) in [5.74, 6) is -1.20. The summed E-state index contributed by atoms with van der Waals surface area (Å²) in [6, 6.07) is 5.25. The minimum absolute atomic E-state index is 0.119. The number of halogens is 1. The van der Waals surface area contributed by atoms with Crippen molar-refractivity contribution in [2.75, 3.05) is 6.54 Å². The molecule has 18 heavy (non-hydrogen) atoms. The van der Waals surface area contributed by atoms with E-state index in [1.54, 1.807) is 6.07 Å². The van der Waals surface area contributed by atoms with Crippen molar-refractivity contribution in [3.05, 3.63) is 47.3 Å². The van der Waals surface area contributed by atoms with Crippen LogP contribution in [0, 0.1) is 5.82 Å². The van der Waals surface area contributed by atoms with Gasteiger partial charge in [0.25, 0.3) is 0 Å². The van der Waals surface area contributed by atoms with Gasteiger partial charge in [0.15, 0.2) is 0 Å². The Bertz CT molecular complexity index is 465. The van der Waals surface area contributed by atoms with Crippen LogP contribution in [0.3, 0.4) is 0 Å². The fourth-order valence-corrected chi connectivity index (χ4v) is 2.23. The first-order valence-electron chi connectivity index (χ1n) is 6.08. The Balaban J connectivity index is 2.07. The summed E-state index contributed by atoms with van der Waals surface area (Å²) in [6.07, 6.45) is 5.07. The first-order chi connectivity index (χ1) is 8.66. The van der Waals surface area contributed by atoms with Crippen molar-refractivity contribution < 1.29 is 14.3 Å². The molecule has 1 fully saturated rings. The lowest BCUT2D eigenvalue weighted by atomic mass is 10.0. The van der Waals surface area contributed by atoms with Crippen molar-refractivity contribution in [1.29, 1.82) is 0 Å². The Morgan fingerprint density at radius 1 is 1.56 bits per heavy atom. The zero-order valence-electron chi connectivity index (χ0n) is 10.0. The molecule has 0 saturated carbocycles. The third-order valence-corrected chi connectivity index (χ3v) is 3.11. The van der Waals surface area contributed by atoms with Gasteiger partial charge in [0, 0.05) is 17.7 Å². The number of aliphatic carboxylic acids is 1. The number of allylic oxidation sites excluding steroid dienone is 1. The smallest absolute Gasteiger partial charge is 0.327 e. The molecule has 0 radical (unpaired) electrons. The Hall–Kier alpha value is -1.68. The monoisotopic (exact) mass is 249 g/mol. The highest BCUT2D eigenvalue weighted by Crippen LogP contribution is 2.25. The fraction of sp³-hybridized carbons (Fsp3) is 0.357. The van der Waals surface area contributed by atoms with Gasteiger partial charge in [-0.15, -0.1) is 0 Å². The lowest BCUT2D eigenvalue weighted by molar-refractivity contribution is -0.131. The molecule has 4 heteroatoms. The summed E-state index contributed by atoms with van der Waals surface area (Å²) in [4.78, 5) is 10.3. The van der Waals surface area contributed by atoms with Gasteiger partial charge in [-0.25, -0.2) is 9.18 Å². The highest BCUT2D eigenvalue weighted by Gasteiger charge is 2.19. The maximum absolute atomic E-state index is 13.9. The zero-order chi connectivity index (χ0) is 13.0. The molecule has 3 nitrogen and oxygen atoms in total. The van der Waals surface area contributed by atoms with E-state index in [-0.39, 0.29) is 11.9 Å². The number of hydrogen-bond acceptors (Lipinski definition) is 2. The zero-order valence-corrected chi connectivity index (χ0v) is 10.0. The molecule has 1 aliphatic rings. The predicted octanol–water partition coefficient (Wildman–Crippen LogP) is 2.43. The van der Waals surface area contributed by atoms with Crippen molar-refractivity contribution in [3.8, 4) is 0 Å². The summed E-state index contributed by atoms with van der Waals surface area (Å²) in [6.45, 7) is 0.938. The third-order valence-electron chi connectivity index (χ3n) is 3.11. The molecule has 0 aromatic heterocycles. The summed E-state index contributed by atoms with van der Waals surface area (Å²) >= 11 is 0. The maximum atomic E-state index is 13.9. The van der Waals surface area contributed by atoms with Crippen LogP contribution in [0.4, 0.5) is 4.39 Å². The van der Waals surface area contributed by atoms with Crippen LogP contribution < -0.4 is 5.32 Å². The van der Waals surface area contributed by atoms with Gasteiger partial charge >= 0.3 is 5.97 Å². The molecule has 0 bridgehead atoms. The van der Waals surface area contributed by atoms with Crippen LogP contribution in [-0.2, 0) is 11.2 Å². The van der Waals surface area contributed by atoms with E-state index in [0.29, 0.717) is 12.0 Å². The van der Waals surface area contributed by atoms with E-state index >= 15 is 0 Å². The van der Waals surface area contributed by atoms with Crippen LogP contribution in [0.2, 0.25) is 0 Å². The maximum Gasteiger partial charge on any atom is 0.327 e. The SMILES string of the molecule is O=C(O)/C=C/Cc1ccc([C@@H]2CCCN2)c(F)c1. The molecule has 1 aromatic rings. The minimum Gasteiger partial charge on any atom is -0.478 e. The van der Waals surface area contributed by atoms with Crippen molar-refractivity contribution in [3.63, 3.8) is 0 Å². The van der Waals surface area contributed by atoms with Gasteiger partial charge in [-0.1, -0.05) is 18.2 Å². The Labute approximate surface area is 105 Å². The van der Waals surface area contributed by atoms with E-state index in [4.69, 9.17) is 5.11 Å². The summed E-state index contributed by atoms with van der Waals surface area (Å²) in [5, 5.41) is 11.7. The van der Waals surface area contributed by atoms with Crippen molar-refractivity contribution in [1.82, 2.24) is 5.32 Å². The van der Waals surface area contributed by atoms with E-state index < -0.39 is 5.97 Å². The Morgan fingerprint density at radius 2 is 2.39 bits per heavy atom. The van der Waals surface area contributed by atoms with E-state index in [1.165, 1.54) is 12.1 Å². The Kier molecular flexibility index (Phi) is 4.10. The summed E-state index contributed by atoms with van der Waals surface area (Å²) in [7, 11) is 0. The van der Waals surface area contributed by atoms with Gasteiger partial charge in [-0.3, -0.25) is 0 Å². The van der Waals surface area contributed by atoms with E-state index in [1.807, 2.05) is 6.07 Å². The standard InChI is InChI=1S/C14H16FNO2/c15-12-9-10(3-1-5-14(17)18)6-7-11(12)13-4-2-8-16-13/h1,5-7,9,13,16H,2-4,8H2,(H,17,18)/b5-1+/t13-/m0/s1. The molecule has 1 aliphatic heterocycles. The largest absolute Gasteiger partial charge is 0.478 e. The lowest BCUT2D eigenvalue weighted by Gasteiger charge is -2.12. The second-order valence-electron chi connectivity index (χ2n) is 4.45. The molecule has 96 valence electrons. The van der Waals surface area contributed by atoms with Gasteiger partial charge in [0.05, 0.1) is 0 Å². The molecule has 0 amide bonds. The molecule has 2 N–H and O–H groups in total. The number of carbonyl (C=O) groups is 1. The number of carboxylic acid groups (broad SMARTS) is 1. The van der Waals surface area contributed by atoms with E-state index in [0.717, 1.165) is 31.0 Å². The van der Waals surface area contributed by atoms with Gasteiger partial charge in [0.1, 0.15) is 5.82 Å². The molecule has 1 atom stereocenters. The second kappa shape index (κ2) is 5.78. The van der Waals surface area contributed by atoms with Crippen LogP contribution in [0.15, 0.2) is 30.4 Å². The van der Waals surface area contributed by atoms with E-state index in [9.17, 15) is 9.18 Å². The first-order valence-corrected chi connectivity index (χ1v) is 6.08. The topological polar surface area (TPSA) is 49.3 Å². The quantitative estimate of drug-likeness (QED) is 0.806. The molecule has 1 heterocycles. The molecule has 2 rings (SSSR count). The van der Waals surface area contributed by atoms with Crippen LogP contribution in [-0.4, -0.2) is 17.6 Å². The molecule has 0 unspecified atom stereocenters. The van der Waals surface area contributed by atoms with Gasteiger partial charge in [-0.2, -0.15) is 0 Å². The minimum atomic E-state index is -0.984. The number of benzene rings is 1. The van der Waals surface area contributed by atoms with Crippen molar-refractivity contribution in [2.45, 2.75) is 25.3 Å². The summed E-state index contributed by atoms with van der Waals surface area (Å²) in [5.41, 5.74) is 1.49. The average Bonchev–Trinajstić information content (AvgIpc) is 2.82. The number of nitrogens with one attached hydrogen (secondary N) is 1. The van der Waals surface area contributed by atoms with Gasteiger partial charge in [-0.05, 0) is 37.4 Å².